The molecular weight excluding hydrogens is 394 g/mol. The van der Waals surface area contributed by atoms with Gasteiger partial charge in [-0.2, -0.15) is 0 Å². The Labute approximate surface area is 175 Å². The molecule has 0 spiro atoms. The van der Waals surface area contributed by atoms with Crippen molar-refractivity contribution in [3.05, 3.63) is 35.5 Å². The van der Waals surface area contributed by atoms with Crippen molar-refractivity contribution in [2.75, 3.05) is 4.90 Å². The molecule has 1 aromatic carbocycles. The van der Waals surface area contributed by atoms with Crippen LogP contribution in [0.1, 0.15) is 46.5 Å². The van der Waals surface area contributed by atoms with E-state index in [1.54, 1.807) is 29.2 Å². The molecule has 1 saturated carbocycles. The first kappa shape index (κ1) is 21.2. The van der Waals surface area contributed by atoms with Crippen LogP contribution in [-0.4, -0.2) is 33.0 Å². The molecule has 0 aliphatic heterocycles. The maximum absolute atomic E-state index is 13.3. The Kier molecular flexibility index (Phi) is 6.47. The molecule has 1 N–H and O–H groups in total. The number of nitrogens with zero attached hydrogens (tertiary/aromatic N) is 3. The highest BCUT2D eigenvalue weighted by Crippen LogP contribution is 2.35. The van der Waals surface area contributed by atoms with Crippen LogP contribution in [0.25, 0.3) is 5.69 Å². The van der Waals surface area contributed by atoms with E-state index in [9.17, 15) is 9.59 Å². The third-order valence-corrected chi connectivity index (χ3v) is 5.55. The second-order valence-corrected chi connectivity index (χ2v) is 8.30. The maximum atomic E-state index is 13.3. The predicted octanol–water partition coefficient (Wildman–Crippen LogP) is 5.15. The van der Waals surface area contributed by atoms with Crippen LogP contribution in [0.4, 0.5) is 10.6 Å². The fourth-order valence-corrected chi connectivity index (χ4v) is 3.84. The largest absolute Gasteiger partial charge is 0.511 e. The Morgan fingerprint density at radius 1 is 1.21 bits per heavy atom. The van der Waals surface area contributed by atoms with E-state index in [1.807, 2.05) is 13.8 Å². The zero-order valence-corrected chi connectivity index (χ0v) is 17.6. The van der Waals surface area contributed by atoms with Gasteiger partial charge in [0.05, 0.1) is 11.9 Å². The zero-order chi connectivity index (χ0) is 21.1. The number of hydrogen-bond donors (Lipinski definition) is 1. The van der Waals surface area contributed by atoms with Crippen LogP contribution in [0.5, 0.6) is 5.75 Å². The molecule has 1 amide bonds. The molecule has 0 saturated heterocycles. The summed E-state index contributed by atoms with van der Waals surface area (Å²) < 4.78 is 6.47. The number of benzene rings is 1. The molecule has 7 nitrogen and oxygen atoms in total. The summed E-state index contributed by atoms with van der Waals surface area (Å²) in [5, 5.41) is 14.2. The van der Waals surface area contributed by atoms with Gasteiger partial charge in [-0.15, -0.1) is 5.10 Å². The van der Waals surface area contributed by atoms with Gasteiger partial charge in [-0.25, -0.2) is 9.48 Å². The van der Waals surface area contributed by atoms with E-state index in [0.29, 0.717) is 16.6 Å². The summed E-state index contributed by atoms with van der Waals surface area (Å²) in [5.41, 5.74) is 0.679. The number of carboxylic acid groups (broad SMARTS) is 1. The smallest absolute Gasteiger partial charge is 0.449 e. The fourth-order valence-electron chi connectivity index (χ4n) is 3.72. The van der Waals surface area contributed by atoms with E-state index < -0.39 is 6.16 Å². The van der Waals surface area contributed by atoms with Crippen molar-refractivity contribution in [1.29, 1.82) is 0 Å². The van der Waals surface area contributed by atoms with Crippen LogP contribution in [0, 0.1) is 11.8 Å². The van der Waals surface area contributed by atoms with Crippen molar-refractivity contribution in [3.8, 4) is 11.4 Å². The minimum Gasteiger partial charge on any atom is -0.449 e. The first-order valence-electron chi connectivity index (χ1n) is 9.85. The van der Waals surface area contributed by atoms with Crippen molar-refractivity contribution in [2.24, 2.45) is 11.8 Å². The molecule has 1 heterocycles. The van der Waals surface area contributed by atoms with Crippen LogP contribution in [0.15, 0.2) is 30.5 Å². The molecule has 0 unspecified atom stereocenters. The Morgan fingerprint density at radius 2 is 1.83 bits per heavy atom. The topological polar surface area (TPSA) is 84.7 Å². The summed E-state index contributed by atoms with van der Waals surface area (Å²) in [6, 6.07) is 6.74. The number of carbonyl (C=O) groups excluding carboxylic acids is 1. The summed E-state index contributed by atoms with van der Waals surface area (Å²) >= 11 is 5.95. The number of anilines is 1. The second kappa shape index (κ2) is 8.86. The molecule has 0 radical (unpaired) electrons. The van der Waals surface area contributed by atoms with Crippen molar-refractivity contribution < 1.29 is 19.4 Å². The number of hydrogen-bond acceptors (Lipinski definition) is 4. The standard InChI is InChI=1S/C21H26ClN3O4/c1-13(2)25(20(26)15-6-4-14(3)5-7-15)19-18(29-21(27)28)12-24(23-19)17-10-8-16(22)9-11-17/h8-15H,4-7H2,1-3H3,(H,27,28). The summed E-state index contributed by atoms with van der Waals surface area (Å²) in [7, 11) is 0. The molecule has 0 bridgehead atoms. The average molecular weight is 420 g/mol. The van der Waals surface area contributed by atoms with Gasteiger partial charge in [-0.3, -0.25) is 9.69 Å². The molecule has 29 heavy (non-hydrogen) atoms. The predicted molar refractivity (Wildman–Crippen MR) is 111 cm³/mol. The zero-order valence-electron chi connectivity index (χ0n) is 16.8. The van der Waals surface area contributed by atoms with Gasteiger partial charge < -0.3 is 9.84 Å². The van der Waals surface area contributed by atoms with Gasteiger partial charge in [0.1, 0.15) is 0 Å². The minimum absolute atomic E-state index is 0.0266. The van der Waals surface area contributed by atoms with Crippen LogP contribution in [0.2, 0.25) is 5.02 Å². The van der Waals surface area contributed by atoms with Gasteiger partial charge in [0.2, 0.25) is 11.7 Å². The molecular formula is C21H26ClN3O4. The number of carbonyl (C=O) groups is 2. The molecule has 1 aromatic heterocycles. The molecule has 156 valence electrons. The monoisotopic (exact) mass is 419 g/mol. The molecule has 2 aromatic rings. The van der Waals surface area contributed by atoms with Gasteiger partial charge in [-0.1, -0.05) is 18.5 Å². The van der Waals surface area contributed by atoms with Gasteiger partial charge in [0, 0.05) is 17.0 Å². The minimum atomic E-state index is -1.45. The Hall–Kier alpha value is -2.54. The Balaban J connectivity index is 1.98. The number of rotatable bonds is 5. The maximum Gasteiger partial charge on any atom is 0.511 e. The lowest BCUT2D eigenvalue weighted by atomic mass is 9.82. The normalized spacial score (nSPS) is 19.2. The number of halogens is 1. The van der Waals surface area contributed by atoms with E-state index in [0.717, 1.165) is 25.7 Å². The van der Waals surface area contributed by atoms with Crippen molar-refractivity contribution in [1.82, 2.24) is 9.78 Å². The van der Waals surface area contributed by atoms with Crippen molar-refractivity contribution >= 4 is 29.5 Å². The molecule has 3 rings (SSSR count). The highest BCUT2D eigenvalue weighted by Gasteiger charge is 2.34. The number of ether oxygens (including phenoxy) is 1. The SMILES string of the molecule is CC1CCC(C(=O)N(c2nn(-c3ccc(Cl)cc3)cc2OC(=O)O)C(C)C)CC1. The number of amides is 1. The highest BCUT2D eigenvalue weighted by molar-refractivity contribution is 6.30. The third kappa shape index (κ3) is 4.90. The van der Waals surface area contributed by atoms with E-state index >= 15 is 0 Å². The van der Waals surface area contributed by atoms with E-state index in [1.165, 1.54) is 10.9 Å². The quantitative estimate of drug-likeness (QED) is 0.677. The highest BCUT2D eigenvalue weighted by atomic mass is 35.5. The Morgan fingerprint density at radius 3 is 2.38 bits per heavy atom. The second-order valence-electron chi connectivity index (χ2n) is 7.86. The van der Waals surface area contributed by atoms with Crippen LogP contribution in [0.3, 0.4) is 0 Å². The molecule has 1 aliphatic rings. The summed E-state index contributed by atoms with van der Waals surface area (Å²) in [5.74, 6) is 0.733. The van der Waals surface area contributed by atoms with Crippen molar-refractivity contribution in [2.45, 2.75) is 52.5 Å². The lowest BCUT2D eigenvalue weighted by Crippen LogP contribution is -2.42. The molecule has 8 heteroatoms. The van der Waals surface area contributed by atoms with E-state index in [-0.39, 0.29) is 29.4 Å². The van der Waals surface area contributed by atoms with Crippen molar-refractivity contribution in [3.63, 3.8) is 0 Å². The Bertz CT molecular complexity index is 871. The third-order valence-electron chi connectivity index (χ3n) is 5.30. The summed E-state index contributed by atoms with van der Waals surface area (Å²) in [6.07, 6.45) is 3.70. The van der Waals surface area contributed by atoms with Crippen LogP contribution >= 0.6 is 11.6 Å². The molecule has 1 fully saturated rings. The molecule has 0 atom stereocenters. The van der Waals surface area contributed by atoms with E-state index in [2.05, 4.69) is 12.0 Å². The van der Waals surface area contributed by atoms with Gasteiger partial charge in [0.15, 0.2) is 5.75 Å². The summed E-state index contributed by atoms with van der Waals surface area (Å²) in [6.45, 7) is 5.97. The fraction of sp³-hybridized carbons (Fsp3) is 0.476. The summed E-state index contributed by atoms with van der Waals surface area (Å²) in [4.78, 5) is 26.1. The van der Waals surface area contributed by atoms with Gasteiger partial charge in [0.25, 0.3) is 0 Å². The number of aromatic nitrogens is 2. The van der Waals surface area contributed by atoms with Crippen LogP contribution < -0.4 is 9.64 Å². The lowest BCUT2D eigenvalue weighted by Gasteiger charge is -2.32. The van der Waals surface area contributed by atoms with Gasteiger partial charge >= 0.3 is 6.16 Å². The van der Waals surface area contributed by atoms with Crippen LogP contribution in [-0.2, 0) is 4.79 Å². The molecule has 1 aliphatic carbocycles. The first-order valence-corrected chi connectivity index (χ1v) is 10.2. The first-order chi connectivity index (χ1) is 13.8. The average Bonchev–Trinajstić information content (AvgIpc) is 3.05. The van der Waals surface area contributed by atoms with E-state index in [4.69, 9.17) is 21.4 Å². The lowest BCUT2D eigenvalue weighted by molar-refractivity contribution is -0.124. The van der Waals surface area contributed by atoms with Gasteiger partial charge in [-0.05, 0) is 69.7 Å².